The molecular formula is C16H14F3NO3. The van der Waals surface area contributed by atoms with Crippen molar-refractivity contribution < 1.29 is 27.6 Å². The zero-order valence-electron chi connectivity index (χ0n) is 12.3. The number of Topliss-reactive ketones (excluding diaryl/α,β-unsaturated/α-hetero) is 3. The van der Waals surface area contributed by atoms with E-state index >= 15 is 0 Å². The van der Waals surface area contributed by atoms with Gasteiger partial charge in [0.2, 0.25) is 0 Å². The van der Waals surface area contributed by atoms with E-state index in [1.54, 1.807) is 0 Å². The van der Waals surface area contributed by atoms with Crippen LogP contribution in [0.1, 0.15) is 41.0 Å². The van der Waals surface area contributed by atoms with Crippen LogP contribution in [-0.4, -0.2) is 22.3 Å². The Labute approximate surface area is 130 Å². The maximum Gasteiger partial charge on any atom is 0.433 e. The Morgan fingerprint density at radius 2 is 1.70 bits per heavy atom. The van der Waals surface area contributed by atoms with Crippen molar-refractivity contribution in [3.8, 4) is 0 Å². The Morgan fingerprint density at radius 3 is 2.17 bits per heavy atom. The molecule has 2 fully saturated rings. The van der Waals surface area contributed by atoms with E-state index in [1.807, 2.05) is 0 Å². The van der Waals surface area contributed by atoms with E-state index in [9.17, 15) is 27.6 Å². The van der Waals surface area contributed by atoms with Gasteiger partial charge in [-0.3, -0.25) is 14.4 Å². The molecule has 7 heteroatoms. The lowest BCUT2D eigenvalue weighted by atomic mass is 9.75. The van der Waals surface area contributed by atoms with Gasteiger partial charge in [0.05, 0.1) is 0 Å². The molecule has 1 aromatic rings. The van der Waals surface area contributed by atoms with Crippen LogP contribution < -0.4 is 0 Å². The van der Waals surface area contributed by atoms with Gasteiger partial charge in [0.1, 0.15) is 11.6 Å². The first kappa shape index (κ1) is 15.8. The number of aryl methyl sites for hydroxylation is 1. The number of halogens is 3. The highest BCUT2D eigenvalue weighted by Crippen LogP contribution is 2.41. The van der Waals surface area contributed by atoms with Gasteiger partial charge >= 0.3 is 6.18 Å². The van der Waals surface area contributed by atoms with E-state index in [0.717, 1.165) is 6.07 Å². The molecule has 2 bridgehead atoms. The number of aromatic nitrogens is 1. The van der Waals surface area contributed by atoms with Crippen molar-refractivity contribution in [1.29, 1.82) is 0 Å². The van der Waals surface area contributed by atoms with E-state index in [4.69, 9.17) is 0 Å². The number of carbonyl (C=O) groups excluding carboxylic acids is 3. The molecule has 0 amide bonds. The van der Waals surface area contributed by atoms with Crippen LogP contribution in [0.3, 0.4) is 0 Å². The smallest absolute Gasteiger partial charge is 0.298 e. The number of nitrogens with zero attached hydrogens (tertiary/aromatic N) is 1. The molecule has 0 aromatic carbocycles. The molecule has 122 valence electrons. The third-order valence-electron chi connectivity index (χ3n) is 4.71. The van der Waals surface area contributed by atoms with Crippen molar-refractivity contribution in [2.75, 3.05) is 0 Å². The first-order chi connectivity index (χ1) is 10.7. The third kappa shape index (κ3) is 2.58. The van der Waals surface area contributed by atoms with Crippen LogP contribution in [0.25, 0.3) is 0 Å². The predicted molar refractivity (Wildman–Crippen MR) is 72.6 cm³/mol. The van der Waals surface area contributed by atoms with E-state index in [1.165, 1.54) is 6.92 Å². The summed E-state index contributed by atoms with van der Waals surface area (Å²) in [5, 5.41) is 0. The second-order valence-corrected chi connectivity index (χ2v) is 6.14. The molecule has 0 spiro atoms. The summed E-state index contributed by atoms with van der Waals surface area (Å²) in [6.45, 7) is 1.27. The SMILES string of the molecule is Cc1nc(C(F)(F)F)ccc1C(=O)C1C(=O)C2CCC(C2)C1=O. The van der Waals surface area contributed by atoms with E-state index in [-0.39, 0.29) is 23.1 Å². The quantitative estimate of drug-likeness (QED) is 0.619. The number of rotatable bonds is 2. The summed E-state index contributed by atoms with van der Waals surface area (Å²) in [6, 6.07) is 1.71. The van der Waals surface area contributed by atoms with Crippen LogP contribution in [0.2, 0.25) is 0 Å². The molecule has 2 saturated carbocycles. The van der Waals surface area contributed by atoms with Crippen molar-refractivity contribution in [2.45, 2.75) is 32.4 Å². The summed E-state index contributed by atoms with van der Waals surface area (Å²) < 4.78 is 37.9. The summed E-state index contributed by atoms with van der Waals surface area (Å²) in [5.74, 6) is -3.46. The van der Waals surface area contributed by atoms with Crippen molar-refractivity contribution >= 4 is 17.3 Å². The van der Waals surface area contributed by atoms with Crippen molar-refractivity contribution in [1.82, 2.24) is 4.98 Å². The largest absolute Gasteiger partial charge is 0.433 e. The highest BCUT2D eigenvalue weighted by molar-refractivity contribution is 6.26. The minimum Gasteiger partial charge on any atom is -0.298 e. The number of hydrogen-bond donors (Lipinski definition) is 0. The molecule has 3 rings (SSSR count). The fraction of sp³-hybridized carbons (Fsp3) is 0.500. The summed E-state index contributed by atoms with van der Waals surface area (Å²) in [5.41, 5.74) is -1.32. The second kappa shape index (κ2) is 5.25. The molecule has 4 nitrogen and oxygen atoms in total. The minimum absolute atomic E-state index is 0.0917. The average Bonchev–Trinajstić information content (AvgIpc) is 2.91. The fourth-order valence-corrected chi connectivity index (χ4v) is 3.50. The summed E-state index contributed by atoms with van der Waals surface area (Å²) in [4.78, 5) is 40.6. The monoisotopic (exact) mass is 325 g/mol. The van der Waals surface area contributed by atoms with Gasteiger partial charge in [0, 0.05) is 23.1 Å². The second-order valence-electron chi connectivity index (χ2n) is 6.14. The highest BCUT2D eigenvalue weighted by atomic mass is 19.4. The first-order valence-electron chi connectivity index (χ1n) is 7.36. The normalized spacial score (nSPS) is 27.4. The summed E-state index contributed by atoms with van der Waals surface area (Å²) in [7, 11) is 0. The maximum atomic E-state index is 12.6. The van der Waals surface area contributed by atoms with Crippen LogP contribution in [0.4, 0.5) is 13.2 Å². The topological polar surface area (TPSA) is 64.1 Å². The summed E-state index contributed by atoms with van der Waals surface area (Å²) in [6.07, 6.45) is -2.92. The maximum absolute atomic E-state index is 12.6. The van der Waals surface area contributed by atoms with Crippen molar-refractivity contribution in [2.24, 2.45) is 17.8 Å². The Bertz CT molecular complexity index is 689. The van der Waals surface area contributed by atoms with Gasteiger partial charge in [-0.25, -0.2) is 4.98 Å². The zero-order valence-corrected chi connectivity index (χ0v) is 12.3. The molecule has 0 N–H and O–H groups in total. The first-order valence-corrected chi connectivity index (χ1v) is 7.36. The summed E-state index contributed by atoms with van der Waals surface area (Å²) >= 11 is 0. The van der Waals surface area contributed by atoms with E-state index in [0.29, 0.717) is 25.3 Å². The lowest BCUT2D eigenvalue weighted by Crippen LogP contribution is -2.41. The molecule has 2 unspecified atom stereocenters. The van der Waals surface area contributed by atoms with E-state index < -0.39 is 35.1 Å². The highest BCUT2D eigenvalue weighted by Gasteiger charge is 2.50. The van der Waals surface area contributed by atoms with Gasteiger partial charge in [-0.2, -0.15) is 13.2 Å². The van der Waals surface area contributed by atoms with E-state index in [2.05, 4.69) is 4.98 Å². The predicted octanol–water partition coefficient (Wildman–Crippen LogP) is 2.78. The zero-order chi connectivity index (χ0) is 16.9. The molecule has 0 aliphatic heterocycles. The van der Waals surface area contributed by atoms with Crippen LogP contribution in [0, 0.1) is 24.7 Å². The number of hydrogen-bond acceptors (Lipinski definition) is 4. The number of fused-ring (bicyclic) bond motifs is 2. The Kier molecular flexibility index (Phi) is 3.61. The molecule has 0 saturated heterocycles. The van der Waals surface area contributed by atoms with Gasteiger partial charge in [-0.05, 0) is 38.3 Å². The molecule has 2 aliphatic rings. The molecule has 2 aliphatic carbocycles. The molecule has 0 radical (unpaired) electrons. The van der Waals surface area contributed by atoms with Gasteiger partial charge in [-0.1, -0.05) is 0 Å². The minimum atomic E-state index is -4.61. The van der Waals surface area contributed by atoms with Gasteiger partial charge in [0.15, 0.2) is 17.3 Å². The standard InChI is InChI=1S/C16H14F3NO3/c1-7-10(4-5-11(20-7)16(17,18)19)15(23)12-13(21)8-2-3-9(6-8)14(12)22/h4-5,8-9,12H,2-3,6H2,1H3. The lowest BCUT2D eigenvalue weighted by Gasteiger charge is -2.24. The van der Waals surface area contributed by atoms with Gasteiger partial charge in [0.25, 0.3) is 0 Å². The van der Waals surface area contributed by atoms with Crippen LogP contribution in [-0.2, 0) is 15.8 Å². The Balaban J connectivity index is 1.94. The van der Waals surface area contributed by atoms with Crippen LogP contribution in [0.15, 0.2) is 12.1 Å². The van der Waals surface area contributed by atoms with Crippen LogP contribution >= 0.6 is 0 Å². The number of ketones is 3. The lowest BCUT2D eigenvalue weighted by molar-refractivity contribution is -0.141. The van der Waals surface area contributed by atoms with Gasteiger partial charge in [-0.15, -0.1) is 0 Å². The molecule has 1 aromatic heterocycles. The number of carbonyl (C=O) groups is 3. The fourth-order valence-electron chi connectivity index (χ4n) is 3.50. The van der Waals surface area contributed by atoms with Gasteiger partial charge < -0.3 is 0 Å². The Morgan fingerprint density at radius 1 is 1.13 bits per heavy atom. The van der Waals surface area contributed by atoms with Crippen molar-refractivity contribution in [3.63, 3.8) is 0 Å². The van der Waals surface area contributed by atoms with Crippen LogP contribution in [0.5, 0.6) is 0 Å². The molecule has 1 heterocycles. The third-order valence-corrected chi connectivity index (χ3v) is 4.71. The number of alkyl halides is 3. The number of pyridine rings is 1. The molecule has 2 atom stereocenters. The molecular weight excluding hydrogens is 311 g/mol. The van der Waals surface area contributed by atoms with Crippen molar-refractivity contribution in [3.05, 3.63) is 29.1 Å². The Hall–Kier alpha value is -2.05. The molecule has 23 heavy (non-hydrogen) atoms. The average molecular weight is 325 g/mol.